The average molecular weight is 447 g/mol. The molecular formula is C27H46N2O3. The fraction of sp³-hybridized carbons (Fsp3) is 0.852. The van der Waals surface area contributed by atoms with Crippen molar-refractivity contribution in [2.45, 2.75) is 79.1 Å². The minimum absolute atomic E-state index is 0.153. The first-order valence-corrected chi connectivity index (χ1v) is 12.9. The molecule has 0 radical (unpaired) electrons. The summed E-state index contributed by atoms with van der Waals surface area (Å²) >= 11 is 0. The summed E-state index contributed by atoms with van der Waals surface area (Å²) in [6.45, 7) is 17.2. The van der Waals surface area contributed by atoms with Crippen molar-refractivity contribution in [2.75, 3.05) is 39.8 Å². The quantitative estimate of drug-likeness (QED) is 0.412. The highest BCUT2D eigenvalue weighted by Crippen LogP contribution is 2.62. The molecule has 1 saturated heterocycles. The number of esters is 1. The summed E-state index contributed by atoms with van der Waals surface area (Å²) in [6, 6.07) is 0. The maximum atomic E-state index is 13.8. The number of carbonyl (C=O) groups is 2. The van der Waals surface area contributed by atoms with Crippen molar-refractivity contribution >= 4 is 11.9 Å². The third kappa shape index (κ3) is 5.24. The second kappa shape index (κ2) is 10.3. The Hall–Kier alpha value is -1.36. The van der Waals surface area contributed by atoms with Crippen molar-refractivity contribution in [3.63, 3.8) is 0 Å². The SMILES string of the molecule is C=C1CC[C@@H]2[C@](C)(CCC[C@]2(C)C(=O)N2CCN(C)CC2)[C@H]1CC[C@H](C)CCOC(C)=O. The first-order chi connectivity index (χ1) is 15.1. The van der Waals surface area contributed by atoms with Crippen LogP contribution in [0.1, 0.15) is 79.1 Å². The van der Waals surface area contributed by atoms with Crippen molar-refractivity contribution in [2.24, 2.45) is 28.6 Å². The van der Waals surface area contributed by atoms with Gasteiger partial charge in [-0.2, -0.15) is 0 Å². The zero-order valence-electron chi connectivity index (χ0n) is 21.3. The van der Waals surface area contributed by atoms with Gasteiger partial charge in [-0.3, -0.25) is 9.59 Å². The van der Waals surface area contributed by atoms with Crippen LogP contribution < -0.4 is 0 Å². The molecular weight excluding hydrogens is 400 g/mol. The van der Waals surface area contributed by atoms with Crippen LogP contribution in [-0.2, 0) is 14.3 Å². The van der Waals surface area contributed by atoms with E-state index in [1.54, 1.807) is 0 Å². The number of hydrogen-bond donors (Lipinski definition) is 0. The standard InChI is InChI=1S/C27H46N2O3/c1-20(12-19-32-22(3)30)8-10-23-21(2)9-11-24-26(23,4)13-7-14-27(24,5)25(31)29-17-15-28(6)16-18-29/h20,23-24H,2,7-19H2,1,3-6H3/t20-,23-,24+,26+,27-/m0/s1. The molecule has 5 heteroatoms. The second-order valence-corrected chi connectivity index (χ2v) is 11.5. The molecule has 0 spiro atoms. The van der Waals surface area contributed by atoms with Gasteiger partial charge in [0.2, 0.25) is 5.91 Å². The van der Waals surface area contributed by atoms with E-state index in [0.717, 1.165) is 71.1 Å². The summed E-state index contributed by atoms with van der Waals surface area (Å²) in [5, 5.41) is 0. The highest BCUT2D eigenvalue weighted by molar-refractivity contribution is 5.83. The maximum absolute atomic E-state index is 13.8. The van der Waals surface area contributed by atoms with Gasteiger partial charge in [0, 0.05) is 38.5 Å². The number of rotatable bonds is 7. The zero-order chi connectivity index (χ0) is 23.5. The van der Waals surface area contributed by atoms with Crippen LogP contribution in [0.3, 0.4) is 0 Å². The van der Waals surface area contributed by atoms with Crippen LogP contribution in [0.2, 0.25) is 0 Å². The molecule has 32 heavy (non-hydrogen) atoms. The van der Waals surface area contributed by atoms with Crippen LogP contribution in [-0.4, -0.2) is 61.5 Å². The van der Waals surface area contributed by atoms with Gasteiger partial charge >= 0.3 is 5.97 Å². The van der Waals surface area contributed by atoms with E-state index in [-0.39, 0.29) is 16.8 Å². The number of allylic oxidation sites excluding steroid dienone is 1. The molecule has 0 N–H and O–H groups in total. The Morgan fingerprint density at radius 2 is 1.84 bits per heavy atom. The van der Waals surface area contributed by atoms with E-state index in [1.807, 2.05) is 0 Å². The highest BCUT2D eigenvalue weighted by atomic mass is 16.5. The monoisotopic (exact) mass is 446 g/mol. The first kappa shape index (κ1) is 25.3. The molecule has 0 aromatic heterocycles. The highest BCUT2D eigenvalue weighted by Gasteiger charge is 2.57. The van der Waals surface area contributed by atoms with Crippen molar-refractivity contribution in [3.05, 3.63) is 12.2 Å². The fourth-order valence-electron chi connectivity index (χ4n) is 7.11. The van der Waals surface area contributed by atoms with Gasteiger partial charge in [-0.25, -0.2) is 0 Å². The minimum Gasteiger partial charge on any atom is -0.466 e. The van der Waals surface area contributed by atoms with Gasteiger partial charge in [0.1, 0.15) is 0 Å². The van der Waals surface area contributed by atoms with Crippen LogP contribution in [0.4, 0.5) is 0 Å². The van der Waals surface area contributed by atoms with Gasteiger partial charge in [0.25, 0.3) is 0 Å². The Labute approximate surface area is 195 Å². The van der Waals surface area contributed by atoms with Crippen molar-refractivity contribution in [1.29, 1.82) is 0 Å². The van der Waals surface area contributed by atoms with Crippen molar-refractivity contribution in [3.8, 4) is 0 Å². The number of ether oxygens (including phenoxy) is 1. The molecule has 1 heterocycles. The van der Waals surface area contributed by atoms with Crippen LogP contribution >= 0.6 is 0 Å². The molecule has 2 saturated carbocycles. The van der Waals surface area contributed by atoms with Gasteiger partial charge in [-0.1, -0.05) is 39.3 Å². The molecule has 182 valence electrons. The minimum atomic E-state index is -0.247. The van der Waals surface area contributed by atoms with E-state index in [4.69, 9.17) is 4.74 Å². The molecule has 5 atom stereocenters. The molecule has 0 aromatic rings. The number of likely N-dealkylation sites (N-methyl/N-ethyl adjacent to an activating group) is 1. The summed E-state index contributed by atoms with van der Waals surface area (Å²) in [5.41, 5.74) is 1.30. The van der Waals surface area contributed by atoms with Gasteiger partial charge in [0.05, 0.1) is 6.61 Å². The molecule has 0 bridgehead atoms. The summed E-state index contributed by atoms with van der Waals surface area (Å²) < 4.78 is 5.15. The number of piperazine rings is 1. The topological polar surface area (TPSA) is 49.9 Å². The molecule has 1 aliphatic heterocycles. The lowest BCUT2D eigenvalue weighted by Gasteiger charge is -2.59. The largest absolute Gasteiger partial charge is 0.466 e. The lowest BCUT2D eigenvalue weighted by Crippen LogP contribution is -2.59. The van der Waals surface area contributed by atoms with Crippen LogP contribution in [0, 0.1) is 28.6 Å². The summed E-state index contributed by atoms with van der Waals surface area (Å²) in [4.78, 5) is 29.4. The van der Waals surface area contributed by atoms with E-state index < -0.39 is 0 Å². The lowest BCUT2D eigenvalue weighted by molar-refractivity contribution is -0.159. The fourth-order valence-corrected chi connectivity index (χ4v) is 7.11. The van der Waals surface area contributed by atoms with E-state index in [1.165, 1.54) is 18.9 Å². The molecule has 5 nitrogen and oxygen atoms in total. The Kier molecular flexibility index (Phi) is 8.11. The first-order valence-electron chi connectivity index (χ1n) is 12.9. The molecule has 3 aliphatic rings. The lowest BCUT2D eigenvalue weighted by atomic mass is 9.46. The Morgan fingerprint density at radius 1 is 1.16 bits per heavy atom. The molecule has 3 rings (SSSR count). The average Bonchev–Trinajstić information content (AvgIpc) is 2.72. The molecule has 1 amide bonds. The Morgan fingerprint density at radius 3 is 2.50 bits per heavy atom. The summed E-state index contributed by atoms with van der Waals surface area (Å²) in [5.74, 6) is 1.65. The van der Waals surface area contributed by atoms with Crippen molar-refractivity contribution < 1.29 is 14.3 Å². The third-order valence-electron chi connectivity index (χ3n) is 9.16. The van der Waals surface area contributed by atoms with Crippen LogP contribution in [0.5, 0.6) is 0 Å². The zero-order valence-corrected chi connectivity index (χ0v) is 21.3. The summed E-state index contributed by atoms with van der Waals surface area (Å²) in [6.07, 6.45) is 8.68. The number of hydrogen-bond acceptors (Lipinski definition) is 4. The molecule has 2 aliphatic carbocycles. The van der Waals surface area contributed by atoms with E-state index in [0.29, 0.717) is 30.3 Å². The number of nitrogens with zero attached hydrogens (tertiary/aromatic N) is 2. The third-order valence-corrected chi connectivity index (χ3v) is 9.16. The number of amides is 1. The van der Waals surface area contributed by atoms with E-state index in [9.17, 15) is 9.59 Å². The Bertz CT molecular complexity index is 699. The van der Waals surface area contributed by atoms with Crippen LogP contribution in [0.15, 0.2) is 12.2 Å². The van der Waals surface area contributed by atoms with E-state index in [2.05, 4.69) is 44.2 Å². The van der Waals surface area contributed by atoms with Crippen molar-refractivity contribution in [1.82, 2.24) is 9.80 Å². The summed E-state index contributed by atoms with van der Waals surface area (Å²) in [7, 11) is 2.14. The number of carbonyl (C=O) groups excluding carboxylic acids is 2. The van der Waals surface area contributed by atoms with Gasteiger partial charge in [-0.15, -0.1) is 0 Å². The maximum Gasteiger partial charge on any atom is 0.302 e. The molecule has 0 aromatic carbocycles. The normalized spacial score (nSPS) is 34.7. The van der Waals surface area contributed by atoms with Gasteiger partial charge in [0.15, 0.2) is 0 Å². The van der Waals surface area contributed by atoms with Gasteiger partial charge < -0.3 is 14.5 Å². The molecule has 0 unspecified atom stereocenters. The number of fused-ring (bicyclic) bond motifs is 1. The smallest absolute Gasteiger partial charge is 0.302 e. The van der Waals surface area contributed by atoms with Gasteiger partial charge in [-0.05, 0) is 75.2 Å². The second-order valence-electron chi connectivity index (χ2n) is 11.5. The van der Waals surface area contributed by atoms with E-state index >= 15 is 0 Å². The molecule has 3 fully saturated rings. The predicted octanol–water partition coefficient (Wildman–Crippen LogP) is 4.91. The Balaban J connectivity index is 1.70. The predicted molar refractivity (Wildman–Crippen MR) is 129 cm³/mol. The van der Waals surface area contributed by atoms with Crippen LogP contribution in [0.25, 0.3) is 0 Å².